The van der Waals surface area contributed by atoms with Gasteiger partial charge in [0.1, 0.15) is 11.3 Å². The van der Waals surface area contributed by atoms with Crippen LogP contribution >= 0.6 is 0 Å². The van der Waals surface area contributed by atoms with Crippen molar-refractivity contribution in [3.05, 3.63) is 133 Å². The Labute approximate surface area is 234 Å². The van der Waals surface area contributed by atoms with Gasteiger partial charge in [-0.2, -0.15) is 0 Å². The largest absolute Gasteiger partial charge is 0.309 e. The molecule has 0 saturated heterocycles. The lowest BCUT2D eigenvalue weighted by atomic mass is 9.98. The molecule has 41 heavy (non-hydrogen) atoms. The van der Waals surface area contributed by atoms with Gasteiger partial charge < -0.3 is 4.57 Å². The van der Waals surface area contributed by atoms with E-state index in [1.165, 1.54) is 60.5 Å². The molecule has 9 aromatic rings. The Balaban J connectivity index is 1.31. The van der Waals surface area contributed by atoms with Gasteiger partial charge in [-0.15, -0.1) is 0 Å². The van der Waals surface area contributed by atoms with Crippen molar-refractivity contribution in [3.8, 4) is 16.8 Å². The van der Waals surface area contributed by atoms with Gasteiger partial charge in [-0.3, -0.25) is 4.40 Å². The van der Waals surface area contributed by atoms with Crippen molar-refractivity contribution in [1.29, 1.82) is 0 Å². The first-order valence-electron chi connectivity index (χ1n) is 14.1. The molecule has 0 aliphatic heterocycles. The van der Waals surface area contributed by atoms with Crippen LogP contribution in [0.4, 0.5) is 0 Å². The minimum atomic E-state index is 0.901. The van der Waals surface area contributed by atoms with Crippen LogP contribution in [0.25, 0.3) is 77.1 Å². The molecule has 0 bridgehead atoms. The predicted octanol–water partition coefficient (Wildman–Crippen LogP) is 8.86. The summed E-state index contributed by atoms with van der Waals surface area (Å²) in [5, 5.41) is 6.18. The molecular formula is C37H22N4. The van der Waals surface area contributed by atoms with Crippen LogP contribution in [0.3, 0.4) is 0 Å². The Morgan fingerprint density at radius 2 is 1.37 bits per heavy atom. The lowest BCUT2D eigenvalue weighted by molar-refractivity contribution is 1.18. The third-order valence-corrected chi connectivity index (χ3v) is 8.95. The SMILES string of the molecule is c1ccc(-n2c3ccccc3c3c4c(ccc32)-c2cc3c5cccnc5n5c6ccccc6nc5c3cc2C4)cc1. The van der Waals surface area contributed by atoms with Gasteiger partial charge in [0.15, 0.2) is 0 Å². The number of fused-ring (bicyclic) bond motifs is 15. The summed E-state index contributed by atoms with van der Waals surface area (Å²) in [7, 11) is 0. The Hall–Kier alpha value is -5.48. The molecule has 4 nitrogen and oxygen atoms in total. The van der Waals surface area contributed by atoms with Crippen molar-refractivity contribution in [3.63, 3.8) is 0 Å². The van der Waals surface area contributed by atoms with E-state index in [1.54, 1.807) is 0 Å². The second kappa shape index (κ2) is 7.58. The first-order valence-corrected chi connectivity index (χ1v) is 14.1. The molecule has 4 heterocycles. The van der Waals surface area contributed by atoms with Gasteiger partial charge in [0.25, 0.3) is 0 Å². The molecule has 0 amide bonds. The molecule has 0 N–H and O–H groups in total. The molecule has 0 fully saturated rings. The molecule has 0 spiro atoms. The van der Waals surface area contributed by atoms with Crippen molar-refractivity contribution < 1.29 is 0 Å². The molecule has 5 aromatic carbocycles. The fourth-order valence-electron chi connectivity index (χ4n) is 7.27. The molecule has 1 aliphatic rings. The van der Waals surface area contributed by atoms with E-state index in [-0.39, 0.29) is 0 Å². The monoisotopic (exact) mass is 522 g/mol. The van der Waals surface area contributed by atoms with E-state index in [2.05, 4.69) is 118 Å². The van der Waals surface area contributed by atoms with Gasteiger partial charge >= 0.3 is 0 Å². The zero-order chi connectivity index (χ0) is 26.7. The van der Waals surface area contributed by atoms with E-state index in [0.29, 0.717) is 0 Å². The Kier molecular flexibility index (Phi) is 3.95. The molecule has 10 rings (SSSR count). The summed E-state index contributed by atoms with van der Waals surface area (Å²) in [5.41, 5.74) is 13.1. The maximum Gasteiger partial charge on any atom is 0.147 e. The van der Waals surface area contributed by atoms with E-state index >= 15 is 0 Å². The van der Waals surface area contributed by atoms with Crippen LogP contribution in [0.2, 0.25) is 0 Å². The summed E-state index contributed by atoms with van der Waals surface area (Å²) in [5.74, 6) is 0. The summed E-state index contributed by atoms with van der Waals surface area (Å²) in [6.07, 6.45) is 2.78. The summed E-state index contributed by atoms with van der Waals surface area (Å²) in [6, 6.07) is 41.5. The van der Waals surface area contributed by atoms with Gasteiger partial charge in [0.2, 0.25) is 0 Å². The summed E-state index contributed by atoms with van der Waals surface area (Å²) in [6.45, 7) is 0. The van der Waals surface area contributed by atoms with Crippen molar-refractivity contribution in [2.75, 3.05) is 0 Å². The minimum Gasteiger partial charge on any atom is -0.309 e. The number of rotatable bonds is 1. The van der Waals surface area contributed by atoms with Crippen molar-refractivity contribution in [2.24, 2.45) is 0 Å². The summed E-state index contributed by atoms with van der Waals surface area (Å²) >= 11 is 0. The quantitative estimate of drug-likeness (QED) is 0.202. The fourth-order valence-corrected chi connectivity index (χ4v) is 7.27. The average Bonchev–Trinajstić information content (AvgIpc) is 3.70. The van der Waals surface area contributed by atoms with Gasteiger partial charge in [-0.1, -0.05) is 54.6 Å². The third kappa shape index (κ3) is 2.69. The second-order valence-electron chi connectivity index (χ2n) is 11.0. The number of hydrogen-bond donors (Lipinski definition) is 0. The fraction of sp³-hybridized carbons (Fsp3) is 0.0270. The van der Waals surface area contributed by atoms with Crippen LogP contribution < -0.4 is 0 Å². The van der Waals surface area contributed by atoms with Crippen LogP contribution in [-0.2, 0) is 6.42 Å². The Morgan fingerprint density at radius 1 is 0.561 bits per heavy atom. The molecule has 1 aliphatic carbocycles. The number of benzene rings is 5. The molecule has 0 unspecified atom stereocenters. The first-order chi connectivity index (χ1) is 20.3. The first kappa shape index (κ1) is 21.4. The van der Waals surface area contributed by atoms with Gasteiger partial charge in [-0.25, -0.2) is 9.97 Å². The van der Waals surface area contributed by atoms with Crippen LogP contribution in [-0.4, -0.2) is 18.9 Å². The third-order valence-electron chi connectivity index (χ3n) is 8.95. The van der Waals surface area contributed by atoms with Gasteiger partial charge in [0, 0.05) is 33.4 Å². The number of aromatic nitrogens is 4. The highest BCUT2D eigenvalue weighted by Crippen LogP contribution is 2.46. The highest BCUT2D eigenvalue weighted by Gasteiger charge is 2.26. The molecular weight excluding hydrogens is 500 g/mol. The van der Waals surface area contributed by atoms with Crippen LogP contribution in [0.5, 0.6) is 0 Å². The van der Waals surface area contributed by atoms with Crippen LogP contribution in [0, 0.1) is 0 Å². The van der Waals surface area contributed by atoms with Gasteiger partial charge in [-0.05, 0) is 94.7 Å². The average molecular weight is 523 g/mol. The maximum absolute atomic E-state index is 5.12. The highest BCUT2D eigenvalue weighted by molar-refractivity contribution is 6.17. The van der Waals surface area contributed by atoms with Crippen molar-refractivity contribution in [2.45, 2.75) is 6.42 Å². The summed E-state index contributed by atoms with van der Waals surface area (Å²) < 4.78 is 4.64. The minimum absolute atomic E-state index is 0.901. The van der Waals surface area contributed by atoms with Crippen LogP contribution in [0.1, 0.15) is 11.1 Å². The molecule has 0 atom stereocenters. The van der Waals surface area contributed by atoms with E-state index in [0.717, 1.165) is 34.1 Å². The maximum atomic E-state index is 5.12. The molecule has 0 saturated carbocycles. The van der Waals surface area contributed by atoms with Crippen molar-refractivity contribution in [1.82, 2.24) is 18.9 Å². The summed E-state index contributed by atoms with van der Waals surface area (Å²) in [4.78, 5) is 9.96. The van der Waals surface area contributed by atoms with E-state index < -0.39 is 0 Å². The molecule has 0 radical (unpaired) electrons. The predicted molar refractivity (Wildman–Crippen MR) is 168 cm³/mol. The van der Waals surface area contributed by atoms with Gasteiger partial charge in [0.05, 0.1) is 22.1 Å². The molecule has 4 heteroatoms. The van der Waals surface area contributed by atoms with Crippen LogP contribution in [0.15, 0.2) is 121 Å². The lowest BCUT2D eigenvalue weighted by Crippen LogP contribution is -1.94. The molecule has 190 valence electrons. The van der Waals surface area contributed by atoms with E-state index in [4.69, 9.17) is 9.97 Å². The Bertz CT molecular complexity index is 2550. The lowest BCUT2D eigenvalue weighted by Gasteiger charge is -2.11. The van der Waals surface area contributed by atoms with E-state index in [9.17, 15) is 0 Å². The number of hydrogen-bond acceptors (Lipinski definition) is 2. The smallest absolute Gasteiger partial charge is 0.147 e. The zero-order valence-electron chi connectivity index (χ0n) is 22.0. The normalized spacial score (nSPS) is 12.8. The zero-order valence-corrected chi connectivity index (χ0v) is 22.0. The molecule has 4 aromatic heterocycles. The number of nitrogens with zero attached hydrogens (tertiary/aromatic N) is 4. The Morgan fingerprint density at radius 3 is 2.29 bits per heavy atom. The van der Waals surface area contributed by atoms with Crippen molar-refractivity contribution >= 4 is 60.3 Å². The standard InChI is InChI=1S/C37H22N4/c1-2-9-23(10-3-1)40-32-14-6-4-11-26(32)35-29-19-22-20-30-28(21-27(22)24(29)16-17-34(35)40)25-12-8-18-38-36(25)41-33-15-7-5-13-31(33)39-37(30)41/h1-18,20-21H,19H2. The number of imidazole rings is 1. The van der Waals surface area contributed by atoms with E-state index in [1.807, 2.05) is 12.3 Å². The topological polar surface area (TPSA) is 35.1 Å². The second-order valence-corrected chi connectivity index (χ2v) is 11.0. The number of para-hydroxylation sites is 4. The highest BCUT2D eigenvalue weighted by atomic mass is 15.1. The number of pyridine rings is 2.